The summed E-state index contributed by atoms with van der Waals surface area (Å²) in [5.74, 6) is -1.40. The highest BCUT2D eigenvalue weighted by Gasteiger charge is 2.23. The lowest BCUT2D eigenvalue weighted by Gasteiger charge is -2.15. The van der Waals surface area contributed by atoms with Crippen LogP contribution in [0.3, 0.4) is 0 Å². The Labute approximate surface area is 119 Å². The minimum Gasteiger partial charge on any atom is -0.481 e. The second kappa shape index (κ2) is 5.96. The molecule has 0 saturated heterocycles. The number of rotatable bonds is 5. The topological polar surface area (TPSA) is 80.9 Å². The third-order valence-corrected chi connectivity index (χ3v) is 3.22. The summed E-state index contributed by atoms with van der Waals surface area (Å²) in [7, 11) is 0. The van der Waals surface area contributed by atoms with Gasteiger partial charge >= 0.3 is 5.97 Å². The van der Waals surface area contributed by atoms with Gasteiger partial charge in [0.1, 0.15) is 5.82 Å². The van der Waals surface area contributed by atoms with E-state index in [9.17, 15) is 9.18 Å². The van der Waals surface area contributed by atoms with Crippen LogP contribution in [0.1, 0.15) is 25.8 Å². The molecule has 1 atom stereocenters. The largest absolute Gasteiger partial charge is 0.481 e. The van der Waals surface area contributed by atoms with Gasteiger partial charge in [0.25, 0.3) is 0 Å². The molecule has 2 aromatic rings. The molecule has 106 valence electrons. The van der Waals surface area contributed by atoms with Crippen molar-refractivity contribution in [1.82, 2.24) is 20.2 Å². The van der Waals surface area contributed by atoms with E-state index in [1.807, 2.05) is 6.92 Å². The Kier molecular flexibility index (Phi) is 4.29. The van der Waals surface area contributed by atoms with Crippen LogP contribution >= 0.6 is 11.6 Å². The van der Waals surface area contributed by atoms with Crippen molar-refractivity contribution in [3.63, 3.8) is 0 Å². The molecule has 0 bridgehead atoms. The molecule has 8 heteroatoms. The predicted molar refractivity (Wildman–Crippen MR) is 69.8 cm³/mol. The molecule has 1 unspecified atom stereocenters. The fourth-order valence-electron chi connectivity index (χ4n) is 1.92. The van der Waals surface area contributed by atoms with Crippen molar-refractivity contribution in [1.29, 1.82) is 0 Å². The van der Waals surface area contributed by atoms with Crippen molar-refractivity contribution >= 4 is 17.6 Å². The van der Waals surface area contributed by atoms with Gasteiger partial charge in [-0.25, -0.2) is 9.07 Å². The molecule has 2 rings (SSSR count). The second-order valence-electron chi connectivity index (χ2n) is 4.20. The van der Waals surface area contributed by atoms with Crippen LogP contribution in [0.4, 0.5) is 4.39 Å². The molecule has 0 fully saturated rings. The molecule has 1 heterocycles. The van der Waals surface area contributed by atoms with Gasteiger partial charge in [0.2, 0.25) is 0 Å². The maximum atomic E-state index is 13.9. The number of tetrazole rings is 1. The number of hydrogen-bond donors (Lipinski definition) is 1. The maximum absolute atomic E-state index is 13.9. The minimum atomic E-state index is -0.974. The summed E-state index contributed by atoms with van der Waals surface area (Å²) >= 11 is 5.98. The number of nitrogens with zero attached hydrogens (tertiary/aromatic N) is 4. The van der Waals surface area contributed by atoms with E-state index in [1.54, 1.807) is 0 Å². The molecular weight excluding hydrogens is 287 g/mol. The molecule has 1 N–H and O–H groups in total. The molecule has 0 aliphatic carbocycles. The standard InChI is InChI=1S/C12H12ClFN4O2/c1-2-7(6-10(19)20)18-12(15-16-17-18)11-8(13)4-3-5-9(11)14/h3-5,7H,2,6H2,1H3,(H,19,20). The zero-order chi connectivity index (χ0) is 14.7. The third kappa shape index (κ3) is 2.77. The number of halogens is 2. The van der Waals surface area contributed by atoms with Crippen LogP contribution in [0.15, 0.2) is 18.2 Å². The molecule has 1 aromatic carbocycles. The lowest BCUT2D eigenvalue weighted by atomic mass is 10.1. The molecule has 0 amide bonds. The first-order valence-electron chi connectivity index (χ1n) is 5.98. The lowest BCUT2D eigenvalue weighted by Crippen LogP contribution is -2.16. The van der Waals surface area contributed by atoms with Crippen LogP contribution in [-0.2, 0) is 4.79 Å². The normalized spacial score (nSPS) is 12.3. The molecule has 6 nitrogen and oxygen atoms in total. The predicted octanol–water partition coefficient (Wildman–Crippen LogP) is 2.56. The van der Waals surface area contributed by atoms with Crippen LogP contribution < -0.4 is 0 Å². The van der Waals surface area contributed by atoms with Crippen LogP contribution in [-0.4, -0.2) is 31.3 Å². The highest BCUT2D eigenvalue weighted by Crippen LogP contribution is 2.30. The van der Waals surface area contributed by atoms with Gasteiger partial charge in [0.05, 0.1) is 23.0 Å². The minimum absolute atomic E-state index is 0.0722. The van der Waals surface area contributed by atoms with Crippen molar-refractivity contribution in [2.45, 2.75) is 25.8 Å². The van der Waals surface area contributed by atoms with E-state index in [-0.39, 0.29) is 22.8 Å². The van der Waals surface area contributed by atoms with Gasteiger partial charge in [-0.2, -0.15) is 0 Å². The second-order valence-corrected chi connectivity index (χ2v) is 4.61. The van der Waals surface area contributed by atoms with Crippen LogP contribution in [0.2, 0.25) is 5.02 Å². The Morgan fingerprint density at radius 2 is 2.30 bits per heavy atom. The zero-order valence-corrected chi connectivity index (χ0v) is 11.4. The van der Waals surface area contributed by atoms with Gasteiger partial charge in [0.15, 0.2) is 5.82 Å². The average molecular weight is 299 g/mol. The van der Waals surface area contributed by atoms with E-state index >= 15 is 0 Å². The van der Waals surface area contributed by atoms with E-state index in [0.29, 0.717) is 6.42 Å². The van der Waals surface area contributed by atoms with Gasteiger partial charge in [-0.3, -0.25) is 4.79 Å². The van der Waals surface area contributed by atoms with Crippen molar-refractivity contribution in [2.75, 3.05) is 0 Å². The molecule has 1 aromatic heterocycles. The summed E-state index contributed by atoms with van der Waals surface area (Å²) in [6.45, 7) is 1.81. The summed E-state index contributed by atoms with van der Waals surface area (Å²) in [6, 6.07) is 3.78. The quantitative estimate of drug-likeness (QED) is 0.917. The number of hydrogen-bond acceptors (Lipinski definition) is 4. The summed E-state index contributed by atoms with van der Waals surface area (Å²) in [4.78, 5) is 10.9. The van der Waals surface area contributed by atoms with Crippen LogP contribution in [0.25, 0.3) is 11.4 Å². The number of carboxylic acids is 1. The van der Waals surface area contributed by atoms with E-state index in [2.05, 4.69) is 15.5 Å². The first-order chi connectivity index (χ1) is 9.54. The van der Waals surface area contributed by atoms with Crippen molar-refractivity contribution in [2.24, 2.45) is 0 Å². The number of carboxylic acid groups (broad SMARTS) is 1. The highest BCUT2D eigenvalue weighted by molar-refractivity contribution is 6.33. The smallest absolute Gasteiger partial charge is 0.305 e. The van der Waals surface area contributed by atoms with E-state index < -0.39 is 17.8 Å². The van der Waals surface area contributed by atoms with Gasteiger partial charge in [-0.05, 0) is 29.0 Å². The molecule has 0 saturated carbocycles. The van der Waals surface area contributed by atoms with E-state index in [1.165, 1.54) is 22.9 Å². The Bertz CT molecular complexity index is 611. The van der Waals surface area contributed by atoms with E-state index in [0.717, 1.165) is 0 Å². The molecule has 0 radical (unpaired) electrons. The summed E-state index contributed by atoms with van der Waals surface area (Å²) in [5.41, 5.74) is 0.0722. The number of benzene rings is 1. The molecular formula is C12H12ClFN4O2. The SMILES string of the molecule is CCC(CC(=O)O)n1nnnc1-c1c(F)cccc1Cl. The Hall–Kier alpha value is -2.02. The summed E-state index contributed by atoms with van der Waals surface area (Å²) < 4.78 is 15.2. The fraction of sp³-hybridized carbons (Fsp3) is 0.333. The average Bonchev–Trinajstić information content (AvgIpc) is 2.84. The number of aromatic nitrogens is 4. The van der Waals surface area contributed by atoms with Gasteiger partial charge in [-0.1, -0.05) is 24.6 Å². The molecule has 0 spiro atoms. The first-order valence-corrected chi connectivity index (χ1v) is 6.36. The zero-order valence-electron chi connectivity index (χ0n) is 10.6. The lowest BCUT2D eigenvalue weighted by molar-refractivity contribution is -0.138. The van der Waals surface area contributed by atoms with Crippen LogP contribution in [0, 0.1) is 5.82 Å². The Morgan fingerprint density at radius 3 is 2.90 bits per heavy atom. The number of carbonyl (C=O) groups is 1. The Morgan fingerprint density at radius 1 is 1.55 bits per heavy atom. The fourth-order valence-corrected chi connectivity index (χ4v) is 2.17. The maximum Gasteiger partial charge on any atom is 0.305 e. The third-order valence-electron chi connectivity index (χ3n) is 2.91. The van der Waals surface area contributed by atoms with E-state index in [4.69, 9.17) is 16.7 Å². The van der Waals surface area contributed by atoms with Gasteiger partial charge in [-0.15, -0.1) is 5.10 Å². The van der Waals surface area contributed by atoms with Crippen molar-refractivity contribution in [3.05, 3.63) is 29.0 Å². The molecule has 20 heavy (non-hydrogen) atoms. The van der Waals surface area contributed by atoms with Crippen LogP contribution in [0.5, 0.6) is 0 Å². The first kappa shape index (κ1) is 14.4. The van der Waals surface area contributed by atoms with Gasteiger partial charge < -0.3 is 5.11 Å². The van der Waals surface area contributed by atoms with Crippen molar-refractivity contribution in [3.8, 4) is 11.4 Å². The summed E-state index contributed by atoms with van der Waals surface area (Å²) in [5, 5.41) is 20.1. The molecule has 0 aliphatic rings. The van der Waals surface area contributed by atoms with Gasteiger partial charge in [0, 0.05) is 0 Å². The monoisotopic (exact) mass is 298 g/mol. The number of aliphatic carboxylic acids is 1. The summed E-state index contributed by atoms with van der Waals surface area (Å²) in [6.07, 6.45) is 0.344. The Balaban J connectivity index is 2.50. The highest BCUT2D eigenvalue weighted by atomic mass is 35.5. The van der Waals surface area contributed by atoms with Crippen molar-refractivity contribution < 1.29 is 14.3 Å². The molecule has 0 aliphatic heterocycles.